The molecule has 0 aliphatic heterocycles. The van der Waals surface area contributed by atoms with Crippen molar-refractivity contribution in [3.8, 4) is 11.5 Å². The molecule has 6 nitrogen and oxygen atoms in total. The molecule has 1 aromatic carbocycles. The molecular weight excluding hydrogens is 306 g/mol. The average Bonchev–Trinajstić information content (AvgIpc) is 2.91. The number of halogens is 1. The first-order valence-corrected chi connectivity index (χ1v) is 7.11. The number of rotatable bonds is 6. The van der Waals surface area contributed by atoms with Crippen LogP contribution in [0.5, 0.6) is 11.5 Å². The highest BCUT2D eigenvalue weighted by atomic mass is 35.5. The summed E-state index contributed by atoms with van der Waals surface area (Å²) in [5, 5.41) is 3.19. The van der Waals surface area contributed by atoms with Gasteiger partial charge in [-0.05, 0) is 36.2 Å². The Morgan fingerprint density at radius 2 is 2.09 bits per heavy atom. The van der Waals surface area contributed by atoms with E-state index < -0.39 is 0 Å². The molecule has 0 radical (unpaired) electrons. The van der Waals surface area contributed by atoms with E-state index in [9.17, 15) is 4.79 Å². The van der Waals surface area contributed by atoms with Crippen molar-refractivity contribution in [2.45, 2.75) is 19.5 Å². The Labute approximate surface area is 134 Å². The summed E-state index contributed by atoms with van der Waals surface area (Å²) in [4.78, 5) is 15.9. The van der Waals surface area contributed by atoms with E-state index in [1.54, 1.807) is 31.2 Å². The molecule has 0 aliphatic carbocycles. The van der Waals surface area contributed by atoms with Gasteiger partial charge < -0.3 is 19.4 Å². The van der Waals surface area contributed by atoms with Gasteiger partial charge in [-0.3, -0.25) is 4.79 Å². The molecule has 1 heterocycles. The molecule has 2 aromatic rings. The highest BCUT2D eigenvalue weighted by Crippen LogP contribution is 2.29. The Morgan fingerprint density at radius 1 is 1.36 bits per heavy atom. The van der Waals surface area contributed by atoms with Crippen molar-refractivity contribution in [2.75, 3.05) is 14.2 Å². The topological polar surface area (TPSA) is 65.4 Å². The predicted octanol–water partition coefficient (Wildman–Crippen LogP) is 2.43. The molecule has 0 saturated carbocycles. The Kier molecular flexibility index (Phi) is 5.27. The first kappa shape index (κ1) is 16.2. The number of ether oxygens (including phenoxy) is 2. The first-order valence-electron chi connectivity index (χ1n) is 6.73. The highest BCUT2D eigenvalue weighted by molar-refractivity contribution is 6.28. The number of benzene rings is 1. The third-order valence-electron chi connectivity index (χ3n) is 3.26. The van der Waals surface area contributed by atoms with Crippen LogP contribution in [0.1, 0.15) is 18.5 Å². The van der Waals surface area contributed by atoms with Crippen molar-refractivity contribution < 1.29 is 14.3 Å². The summed E-state index contributed by atoms with van der Waals surface area (Å²) in [6.45, 7) is 2.02. The van der Waals surface area contributed by atoms with Crippen LogP contribution in [0.15, 0.2) is 30.6 Å². The molecule has 22 heavy (non-hydrogen) atoms. The number of carbonyl (C=O) groups is 1. The lowest BCUT2D eigenvalue weighted by atomic mass is 10.1. The highest BCUT2D eigenvalue weighted by Gasteiger charge is 2.13. The maximum atomic E-state index is 12.0. The van der Waals surface area contributed by atoms with Gasteiger partial charge in [0.05, 0.1) is 20.3 Å². The number of imidazole rings is 1. The summed E-state index contributed by atoms with van der Waals surface area (Å²) in [6.07, 6.45) is 3.20. The Bertz CT molecular complexity index is 657. The number of methoxy groups -OCH3 is 2. The SMILES string of the molecule is COc1ccc(C(C)NC(=O)Cn2ccnc2Cl)cc1OC. The van der Waals surface area contributed by atoms with Crippen molar-refractivity contribution in [2.24, 2.45) is 0 Å². The van der Waals surface area contributed by atoms with Crippen molar-refractivity contribution in [3.63, 3.8) is 0 Å². The smallest absolute Gasteiger partial charge is 0.240 e. The van der Waals surface area contributed by atoms with Crippen molar-refractivity contribution in [3.05, 3.63) is 41.4 Å². The van der Waals surface area contributed by atoms with Gasteiger partial charge in [-0.1, -0.05) is 6.07 Å². The molecule has 1 amide bonds. The maximum absolute atomic E-state index is 12.0. The largest absolute Gasteiger partial charge is 0.493 e. The van der Waals surface area contributed by atoms with Gasteiger partial charge in [0.15, 0.2) is 11.5 Å². The molecular formula is C15H18ClN3O3. The minimum absolute atomic E-state index is 0.121. The Hall–Kier alpha value is -2.21. The monoisotopic (exact) mass is 323 g/mol. The second kappa shape index (κ2) is 7.17. The fourth-order valence-electron chi connectivity index (χ4n) is 2.08. The van der Waals surface area contributed by atoms with Crippen LogP contribution in [-0.4, -0.2) is 29.7 Å². The summed E-state index contributed by atoms with van der Waals surface area (Å²) in [5.41, 5.74) is 0.919. The number of carbonyl (C=O) groups excluding carboxylic acids is 1. The molecule has 1 N–H and O–H groups in total. The first-order chi connectivity index (χ1) is 10.5. The fraction of sp³-hybridized carbons (Fsp3) is 0.333. The number of aromatic nitrogens is 2. The Morgan fingerprint density at radius 3 is 2.68 bits per heavy atom. The summed E-state index contributed by atoms with van der Waals surface area (Å²) in [6, 6.07) is 5.36. The Balaban J connectivity index is 2.04. The summed E-state index contributed by atoms with van der Waals surface area (Å²) in [5.74, 6) is 1.12. The second-order valence-corrected chi connectivity index (χ2v) is 5.07. The van der Waals surface area contributed by atoms with Gasteiger partial charge in [0.1, 0.15) is 6.54 Å². The number of hydrogen-bond donors (Lipinski definition) is 1. The fourth-order valence-corrected chi connectivity index (χ4v) is 2.25. The molecule has 1 aromatic heterocycles. The quantitative estimate of drug-likeness (QED) is 0.886. The van der Waals surface area contributed by atoms with Crippen LogP contribution >= 0.6 is 11.6 Å². The van der Waals surface area contributed by atoms with Gasteiger partial charge in [-0.15, -0.1) is 0 Å². The van der Waals surface area contributed by atoms with Crippen LogP contribution in [0.3, 0.4) is 0 Å². The van der Waals surface area contributed by atoms with Gasteiger partial charge in [-0.2, -0.15) is 0 Å². The molecule has 0 aliphatic rings. The third kappa shape index (κ3) is 3.71. The van der Waals surface area contributed by atoms with Gasteiger partial charge in [-0.25, -0.2) is 4.98 Å². The molecule has 118 valence electrons. The summed E-state index contributed by atoms with van der Waals surface area (Å²) < 4.78 is 12.0. The van der Waals surface area contributed by atoms with Crippen LogP contribution in [0.2, 0.25) is 5.28 Å². The number of hydrogen-bond acceptors (Lipinski definition) is 4. The van der Waals surface area contributed by atoms with E-state index in [2.05, 4.69) is 10.3 Å². The van der Waals surface area contributed by atoms with E-state index in [0.717, 1.165) is 5.56 Å². The van der Waals surface area contributed by atoms with E-state index in [4.69, 9.17) is 21.1 Å². The standard InChI is InChI=1S/C15H18ClN3O3/c1-10(11-4-5-12(21-2)13(8-11)22-3)18-14(20)9-19-7-6-17-15(19)16/h4-8,10H,9H2,1-3H3,(H,18,20). The van der Waals surface area contributed by atoms with Crippen LogP contribution in [0.4, 0.5) is 0 Å². The molecule has 0 saturated heterocycles. The zero-order chi connectivity index (χ0) is 16.1. The molecule has 1 atom stereocenters. The molecule has 7 heteroatoms. The minimum atomic E-state index is -0.172. The summed E-state index contributed by atoms with van der Waals surface area (Å²) >= 11 is 5.85. The van der Waals surface area contributed by atoms with Crippen LogP contribution in [0, 0.1) is 0 Å². The van der Waals surface area contributed by atoms with E-state index in [0.29, 0.717) is 11.5 Å². The maximum Gasteiger partial charge on any atom is 0.240 e. The number of nitrogens with one attached hydrogen (secondary N) is 1. The van der Waals surface area contributed by atoms with Crippen LogP contribution < -0.4 is 14.8 Å². The molecule has 0 spiro atoms. The van der Waals surface area contributed by atoms with E-state index in [1.165, 1.54) is 0 Å². The van der Waals surface area contributed by atoms with Crippen molar-refractivity contribution in [1.29, 1.82) is 0 Å². The minimum Gasteiger partial charge on any atom is -0.493 e. The summed E-state index contributed by atoms with van der Waals surface area (Å²) in [7, 11) is 3.16. The van der Waals surface area contributed by atoms with Crippen molar-refractivity contribution >= 4 is 17.5 Å². The van der Waals surface area contributed by atoms with E-state index >= 15 is 0 Å². The zero-order valence-electron chi connectivity index (χ0n) is 12.7. The van der Waals surface area contributed by atoms with Gasteiger partial charge in [0.25, 0.3) is 0 Å². The normalized spacial score (nSPS) is 11.8. The molecule has 1 unspecified atom stereocenters. The van der Waals surface area contributed by atoms with E-state index in [1.807, 2.05) is 25.1 Å². The van der Waals surface area contributed by atoms with Crippen LogP contribution in [-0.2, 0) is 11.3 Å². The number of amides is 1. The number of nitrogens with zero attached hydrogens (tertiary/aromatic N) is 2. The zero-order valence-corrected chi connectivity index (χ0v) is 13.4. The molecule has 2 rings (SSSR count). The average molecular weight is 324 g/mol. The van der Waals surface area contributed by atoms with Gasteiger partial charge in [0, 0.05) is 12.4 Å². The molecule has 0 fully saturated rings. The van der Waals surface area contributed by atoms with Gasteiger partial charge >= 0.3 is 0 Å². The predicted molar refractivity (Wildman–Crippen MR) is 83.3 cm³/mol. The van der Waals surface area contributed by atoms with Gasteiger partial charge in [0.2, 0.25) is 11.2 Å². The van der Waals surface area contributed by atoms with Crippen LogP contribution in [0.25, 0.3) is 0 Å². The van der Waals surface area contributed by atoms with Crippen molar-refractivity contribution in [1.82, 2.24) is 14.9 Å². The lowest BCUT2D eigenvalue weighted by Crippen LogP contribution is -2.30. The second-order valence-electron chi connectivity index (χ2n) is 4.73. The lowest BCUT2D eigenvalue weighted by molar-refractivity contribution is -0.122. The third-order valence-corrected chi connectivity index (χ3v) is 3.58. The lowest BCUT2D eigenvalue weighted by Gasteiger charge is -2.17. The van der Waals surface area contributed by atoms with E-state index in [-0.39, 0.29) is 23.8 Å². The molecule has 0 bridgehead atoms.